The smallest absolute Gasteiger partial charge is 0.118 e. The molecule has 1 aromatic carbocycles. The van der Waals surface area contributed by atoms with E-state index in [-0.39, 0.29) is 6.10 Å². The molecule has 0 aromatic heterocycles. The van der Waals surface area contributed by atoms with Gasteiger partial charge < -0.3 is 9.84 Å². The molecule has 1 fully saturated rings. The number of aliphatic hydroxyl groups is 1. The first-order chi connectivity index (χ1) is 8.28. The molecule has 1 unspecified atom stereocenters. The second-order valence-electron chi connectivity index (χ2n) is 5.09. The Balaban J connectivity index is 1.81. The van der Waals surface area contributed by atoms with Crippen LogP contribution in [0.2, 0.25) is 0 Å². The van der Waals surface area contributed by atoms with E-state index in [1.165, 1.54) is 31.2 Å². The van der Waals surface area contributed by atoms with Crippen LogP contribution in [0, 0.1) is 5.92 Å². The lowest BCUT2D eigenvalue weighted by molar-refractivity contribution is 0.143. The SMILES string of the molecule is COc1ccc(CC(O)CC2CCCC2)cc1. The number of hydrogen-bond donors (Lipinski definition) is 1. The first kappa shape index (κ1) is 12.4. The summed E-state index contributed by atoms with van der Waals surface area (Å²) >= 11 is 0. The van der Waals surface area contributed by atoms with Crippen molar-refractivity contribution in [1.82, 2.24) is 0 Å². The Morgan fingerprint density at radius 3 is 2.47 bits per heavy atom. The van der Waals surface area contributed by atoms with Gasteiger partial charge in [-0.1, -0.05) is 37.8 Å². The van der Waals surface area contributed by atoms with Gasteiger partial charge in [0.2, 0.25) is 0 Å². The molecule has 1 aliphatic rings. The van der Waals surface area contributed by atoms with Crippen molar-refractivity contribution in [3.63, 3.8) is 0 Å². The maximum absolute atomic E-state index is 10.1. The molecule has 1 atom stereocenters. The minimum atomic E-state index is -0.188. The Labute approximate surface area is 104 Å². The van der Waals surface area contributed by atoms with Gasteiger partial charge >= 0.3 is 0 Å². The van der Waals surface area contributed by atoms with Crippen LogP contribution in [0.1, 0.15) is 37.7 Å². The predicted octanol–water partition coefficient (Wildman–Crippen LogP) is 3.18. The maximum atomic E-state index is 10.1. The fraction of sp³-hybridized carbons (Fsp3) is 0.600. The minimum absolute atomic E-state index is 0.188. The predicted molar refractivity (Wildman–Crippen MR) is 69.3 cm³/mol. The highest BCUT2D eigenvalue weighted by Gasteiger charge is 2.18. The number of ether oxygens (including phenoxy) is 1. The Kier molecular flexibility index (Phi) is 4.43. The van der Waals surface area contributed by atoms with Crippen molar-refractivity contribution in [3.05, 3.63) is 29.8 Å². The van der Waals surface area contributed by atoms with Gasteiger partial charge in [0, 0.05) is 0 Å². The van der Waals surface area contributed by atoms with Crippen LogP contribution in [0.25, 0.3) is 0 Å². The number of aliphatic hydroxyl groups excluding tert-OH is 1. The molecule has 1 saturated carbocycles. The highest BCUT2D eigenvalue weighted by atomic mass is 16.5. The van der Waals surface area contributed by atoms with Gasteiger partial charge in [0.1, 0.15) is 5.75 Å². The van der Waals surface area contributed by atoms with Crippen molar-refractivity contribution in [2.24, 2.45) is 5.92 Å². The van der Waals surface area contributed by atoms with Crippen molar-refractivity contribution in [2.45, 2.75) is 44.6 Å². The normalized spacial score (nSPS) is 18.2. The molecular weight excluding hydrogens is 212 g/mol. The molecule has 17 heavy (non-hydrogen) atoms. The summed E-state index contributed by atoms with van der Waals surface area (Å²) in [6.07, 6.45) is 6.85. The lowest BCUT2D eigenvalue weighted by Crippen LogP contribution is -2.14. The zero-order valence-corrected chi connectivity index (χ0v) is 10.6. The van der Waals surface area contributed by atoms with Crippen molar-refractivity contribution < 1.29 is 9.84 Å². The monoisotopic (exact) mass is 234 g/mol. The molecule has 0 spiro atoms. The quantitative estimate of drug-likeness (QED) is 0.848. The largest absolute Gasteiger partial charge is 0.497 e. The molecule has 0 heterocycles. The number of hydrogen-bond acceptors (Lipinski definition) is 2. The van der Waals surface area contributed by atoms with Gasteiger partial charge in [-0.3, -0.25) is 0 Å². The van der Waals surface area contributed by atoms with Crippen molar-refractivity contribution in [3.8, 4) is 5.75 Å². The molecule has 0 aliphatic heterocycles. The molecule has 1 aliphatic carbocycles. The van der Waals surface area contributed by atoms with Crippen LogP contribution >= 0.6 is 0 Å². The average Bonchev–Trinajstić information content (AvgIpc) is 2.82. The summed E-state index contributed by atoms with van der Waals surface area (Å²) in [6, 6.07) is 7.99. The van der Waals surface area contributed by atoms with Crippen LogP contribution in [0.4, 0.5) is 0 Å². The van der Waals surface area contributed by atoms with E-state index in [1.54, 1.807) is 7.11 Å². The van der Waals surface area contributed by atoms with Crippen LogP contribution in [-0.4, -0.2) is 18.3 Å². The van der Waals surface area contributed by atoms with E-state index < -0.39 is 0 Å². The summed E-state index contributed by atoms with van der Waals surface area (Å²) in [5, 5.41) is 10.1. The van der Waals surface area contributed by atoms with Crippen LogP contribution in [0.5, 0.6) is 5.75 Å². The molecule has 94 valence electrons. The molecule has 1 aromatic rings. The maximum Gasteiger partial charge on any atom is 0.118 e. The van der Waals surface area contributed by atoms with E-state index in [0.717, 1.165) is 24.5 Å². The fourth-order valence-corrected chi connectivity index (χ4v) is 2.75. The van der Waals surface area contributed by atoms with Gasteiger partial charge in [-0.25, -0.2) is 0 Å². The summed E-state index contributed by atoms with van der Waals surface area (Å²) in [4.78, 5) is 0. The lowest BCUT2D eigenvalue weighted by atomic mass is 9.96. The first-order valence-corrected chi connectivity index (χ1v) is 6.59. The van der Waals surface area contributed by atoms with Crippen LogP contribution in [-0.2, 0) is 6.42 Å². The second kappa shape index (κ2) is 6.06. The van der Waals surface area contributed by atoms with Crippen LogP contribution < -0.4 is 4.74 Å². The number of benzene rings is 1. The third kappa shape index (κ3) is 3.74. The van der Waals surface area contributed by atoms with Crippen LogP contribution in [0.3, 0.4) is 0 Å². The third-order valence-electron chi connectivity index (χ3n) is 3.71. The van der Waals surface area contributed by atoms with Gasteiger partial charge in [0.15, 0.2) is 0 Å². The van der Waals surface area contributed by atoms with Gasteiger partial charge in [-0.05, 0) is 36.5 Å². The first-order valence-electron chi connectivity index (χ1n) is 6.59. The molecule has 2 heteroatoms. The summed E-state index contributed by atoms with van der Waals surface area (Å²) in [5.41, 5.74) is 1.19. The second-order valence-corrected chi connectivity index (χ2v) is 5.09. The lowest BCUT2D eigenvalue weighted by Gasteiger charge is -2.15. The van der Waals surface area contributed by atoms with Crippen LogP contribution in [0.15, 0.2) is 24.3 Å². The van der Waals surface area contributed by atoms with E-state index in [0.29, 0.717) is 0 Å². The molecule has 0 bridgehead atoms. The van der Waals surface area contributed by atoms with Crippen molar-refractivity contribution in [1.29, 1.82) is 0 Å². The van der Waals surface area contributed by atoms with Gasteiger partial charge in [0.25, 0.3) is 0 Å². The molecule has 0 amide bonds. The van der Waals surface area contributed by atoms with E-state index in [1.807, 2.05) is 24.3 Å². The molecular formula is C15H22O2. The zero-order valence-electron chi connectivity index (χ0n) is 10.6. The minimum Gasteiger partial charge on any atom is -0.497 e. The summed E-state index contributed by atoms with van der Waals surface area (Å²) in [7, 11) is 1.67. The Morgan fingerprint density at radius 2 is 1.88 bits per heavy atom. The van der Waals surface area contributed by atoms with E-state index in [4.69, 9.17) is 4.74 Å². The van der Waals surface area contributed by atoms with E-state index >= 15 is 0 Å². The summed E-state index contributed by atoms with van der Waals surface area (Å²) in [5.74, 6) is 1.63. The van der Waals surface area contributed by atoms with Crippen molar-refractivity contribution >= 4 is 0 Å². The standard InChI is InChI=1S/C15H22O2/c1-17-15-8-6-13(7-9-15)11-14(16)10-12-4-2-3-5-12/h6-9,12,14,16H,2-5,10-11H2,1H3. The molecule has 1 N–H and O–H groups in total. The van der Waals surface area contributed by atoms with Gasteiger partial charge in [0.05, 0.1) is 13.2 Å². The Bertz CT molecular complexity index is 325. The topological polar surface area (TPSA) is 29.5 Å². The zero-order chi connectivity index (χ0) is 12.1. The molecule has 2 rings (SSSR count). The average molecular weight is 234 g/mol. The highest BCUT2D eigenvalue weighted by Crippen LogP contribution is 2.29. The van der Waals surface area contributed by atoms with Gasteiger partial charge in [-0.2, -0.15) is 0 Å². The Morgan fingerprint density at radius 1 is 1.24 bits per heavy atom. The van der Waals surface area contributed by atoms with Crippen molar-refractivity contribution in [2.75, 3.05) is 7.11 Å². The summed E-state index contributed by atoms with van der Waals surface area (Å²) < 4.78 is 5.12. The van der Waals surface area contributed by atoms with Gasteiger partial charge in [-0.15, -0.1) is 0 Å². The molecule has 0 saturated heterocycles. The van der Waals surface area contributed by atoms with E-state index in [9.17, 15) is 5.11 Å². The summed E-state index contributed by atoms with van der Waals surface area (Å²) in [6.45, 7) is 0. The third-order valence-corrected chi connectivity index (χ3v) is 3.71. The van der Waals surface area contributed by atoms with E-state index in [2.05, 4.69) is 0 Å². The number of rotatable bonds is 5. The molecule has 0 radical (unpaired) electrons. The molecule has 2 nitrogen and oxygen atoms in total. The highest BCUT2D eigenvalue weighted by molar-refractivity contribution is 5.27. The Hall–Kier alpha value is -1.02. The number of methoxy groups -OCH3 is 1. The fourth-order valence-electron chi connectivity index (χ4n) is 2.75.